The van der Waals surface area contributed by atoms with Crippen LogP contribution in [0.4, 0.5) is 11.6 Å². The first-order chi connectivity index (χ1) is 22.1. The van der Waals surface area contributed by atoms with Crippen LogP contribution in [0.15, 0.2) is 66.9 Å². The summed E-state index contributed by atoms with van der Waals surface area (Å²) in [5.74, 6) is 2.32. The predicted molar refractivity (Wildman–Crippen MR) is 185 cm³/mol. The molecular formula is C37H48N6O2. The number of hydrogen-bond acceptors (Lipinski definition) is 8. The summed E-state index contributed by atoms with van der Waals surface area (Å²) in [5, 5.41) is 5.78. The van der Waals surface area contributed by atoms with Gasteiger partial charge in [0.15, 0.2) is 0 Å². The van der Waals surface area contributed by atoms with Gasteiger partial charge >= 0.3 is 0 Å². The summed E-state index contributed by atoms with van der Waals surface area (Å²) in [4.78, 5) is 17.2. The third kappa shape index (κ3) is 7.86. The average Bonchev–Trinajstić information content (AvgIpc) is 3.11. The number of anilines is 2. The quantitative estimate of drug-likeness (QED) is 0.191. The Labute approximate surface area is 268 Å². The highest BCUT2D eigenvalue weighted by atomic mass is 16.5. The van der Waals surface area contributed by atoms with E-state index in [1.807, 2.05) is 36.5 Å². The molecule has 0 spiro atoms. The summed E-state index contributed by atoms with van der Waals surface area (Å²) < 4.78 is 11.0. The van der Waals surface area contributed by atoms with E-state index in [1.165, 1.54) is 68.1 Å². The van der Waals surface area contributed by atoms with E-state index in [-0.39, 0.29) is 0 Å². The van der Waals surface area contributed by atoms with Crippen LogP contribution in [-0.4, -0.2) is 86.3 Å². The standard InChI is InChI=1S/C37H48N6O2/c1-41(31-10-5-4-6-11-31)17-8-18-42-19-21-43(22-20-42)36-25-30(24-29-13-14-33(45-3)26-34(29)36)35-15-16-38-37(40-35)39-27-28-9-7-12-32(23-28)44-2/h7,9,12-16,23-26,31H,4-6,8,10-11,17-22,27H2,1-3H3,(H,38,39,40). The number of hydrogen-bond donors (Lipinski definition) is 1. The number of benzene rings is 3. The molecule has 238 valence electrons. The maximum atomic E-state index is 5.63. The van der Waals surface area contributed by atoms with Gasteiger partial charge in [-0.25, -0.2) is 9.97 Å². The van der Waals surface area contributed by atoms with Crippen molar-refractivity contribution in [2.75, 3.05) is 70.8 Å². The molecule has 4 aromatic rings. The monoisotopic (exact) mass is 608 g/mol. The number of fused-ring (bicyclic) bond motifs is 1. The molecule has 0 radical (unpaired) electrons. The zero-order valence-electron chi connectivity index (χ0n) is 27.2. The first-order valence-electron chi connectivity index (χ1n) is 16.6. The molecule has 1 aliphatic heterocycles. The molecule has 0 bridgehead atoms. The number of piperazine rings is 1. The molecule has 2 heterocycles. The first kappa shape index (κ1) is 31.1. The fraction of sp³-hybridized carbons (Fsp3) is 0.459. The van der Waals surface area contributed by atoms with Crippen LogP contribution in [0.25, 0.3) is 22.0 Å². The lowest BCUT2D eigenvalue weighted by atomic mass is 9.94. The van der Waals surface area contributed by atoms with Crippen LogP contribution < -0.4 is 19.7 Å². The van der Waals surface area contributed by atoms with E-state index < -0.39 is 0 Å². The predicted octanol–water partition coefficient (Wildman–Crippen LogP) is 6.70. The molecule has 8 nitrogen and oxygen atoms in total. The van der Waals surface area contributed by atoms with Gasteiger partial charge in [0.2, 0.25) is 5.95 Å². The molecule has 1 aromatic heterocycles. The van der Waals surface area contributed by atoms with Crippen molar-refractivity contribution in [3.8, 4) is 22.8 Å². The summed E-state index contributed by atoms with van der Waals surface area (Å²) in [7, 11) is 5.75. The topological polar surface area (TPSA) is 66.0 Å². The van der Waals surface area contributed by atoms with Crippen LogP contribution in [0.5, 0.6) is 11.5 Å². The molecule has 3 aromatic carbocycles. The highest BCUT2D eigenvalue weighted by Crippen LogP contribution is 2.35. The molecule has 8 heteroatoms. The smallest absolute Gasteiger partial charge is 0.223 e. The van der Waals surface area contributed by atoms with Crippen LogP contribution in [0.3, 0.4) is 0 Å². The van der Waals surface area contributed by atoms with Gasteiger partial charge in [0.05, 0.1) is 19.9 Å². The first-order valence-corrected chi connectivity index (χ1v) is 16.6. The van der Waals surface area contributed by atoms with Gasteiger partial charge < -0.3 is 24.6 Å². The van der Waals surface area contributed by atoms with Gasteiger partial charge in [-0.2, -0.15) is 0 Å². The zero-order valence-corrected chi connectivity index (χ0v) is 27.2. The van der Waals surface area contributed by atoms with Gasteiger partial charge in [-0.1, -0.05) is 37.5 Å². The third-order valence-corrected chi connectivity index (χ3v) is 9.57. The summed E-state index contributed by atoms with van der Waals surface area (Å²) in [6.07, 6.45) is 10.0. The molecule has 1 saturated heterocycles. The molecule has 1 saturated carbocycles. The van der Waals surface area contributed by atoms with Crippen molar-refractivity contribution in [2.24, 2.45) is 0 Å². The second-order valence-corrected chi connectivity index (χ2v) is 12.5. The fourth-order valence-electron chi connectivity index (χ4n) is 6.88. The van der Waals surface area contributed by atoms with E-state index in [4.69, 9.17) is 14.5 Å². The Bertz CT molecular complexity index is 1550. The minimum atomic E-state index is 0.606. The minimum absolute atomic E-state index is 0.606. The Balaban J connectivity index is 1.15. The molecule has 1 aliphatic carbocycles. The molecular weight excluding hydrogens is 560 g/mol. The number of aromatic nitrogens is 2. The van der Waals surface area contributed by atoms with E-state index in [0.717, 1.165) is 60.5 Å². The van der Waals surface area contributed by atoms with Gasteiger partial charge in [-0.05, 0) is 92.8 Å². The zero-order chi connectivity index (χ0) is 31.0. The summed E-state index contributed by atoms with van der Waals surface area (Å²) in [6.45, 7) is 7.16. The van der Waals surface area contributed by atoms with Gasteiger partial charge in [0.1, 0.15) is 11.5 Å². The molecule has 1 N–H and O–H groups in total. The number of rotatable bonds is 12. The fourth-order valence-corrected chi connectivity index (χ4v) is 6.88. The second-order valence-electron chi connectivity index (χ2n) is 12.5. The van der Waals surface area contributed by atoms with Crippen molar-refractivity contribution in [1.82, 2.24) is 19.8 Å². The summed E-state index contributed by atoms with van der Waals surface area (Å²) >= 11 is 0. The lowest BCUT2D eigenvalue weighted by molar-refractivity contribution is 0.174. The van der Waals surface area contributed by atoms with E-state index in [0.29, 0.717) is 12.5 Å². The highest BCUT2D eigenvalue weighted by molar-refractivity contribution is 5.98. The van der Waals surface area contributed by atoms with Crippen LogP contribution in [-0.2, 0) is 6.54 Å². The molecule has 2 fully saturated rings. The summed E-state index contributed by atoms with van der Waals surface area (Å²) in [6, 6.07) is 21.7. The van der Waals surface area contributed by atoms with Crippen molar-refractivity contribution in [1.29, 1.82) is 0 Å². The SMILES string of the molecule is COc1cccc(CNc2nccc(-c3cc(N4CCN(CCCN(C)C5CCCCC5)CC4)c4cc(OC)ccc4c3)n2)c1. The average molecular weight is 609 g/mol. The largest absolute Gasteiger partial charge is 0.497 e. The van der Waals surface area contributed by atoms with Crippen molar-refractivity contribution in [3.63, 3.8) is 0 Å². The lowest BCUT2D eigenvalue weighted by Gasteiger charge is -2.37. The number of methoxy groups -OCH3 is 2. The maximum absolute atomic E-state index is 5.63. The Morgan fingerprint density at radius 3 is 2.49 bits per heavy atom. The summed E-state index contributed by atoms with van der Waals surface area (Å²) in [5.41, 5.74) is 4.34. The molecule has 0 amide bonds. The Kier molecular flexibility index (Phi) is 10.3. The van der Waals surface area contributed by atoms with E-state index in [9.17, 15) is 0 Å². The van der Waals surface area contributed by atoms with E-state index in [2.05, 4.69) is 62.4 Å². The molecule has 6 rings (SSSR count). The number of ether oxygens (including phenoxy) is 2. The van der Waals surface area contributed by atoms with Crippen LogP contribution in [0.2, 0.25) is 0 Å². The minimum Gasteiger partial charge on any atom is -0.497 e. The maximum Gasteiger partial charge on any atom is 0.223 e. The second kappa shape index (κ2) is 14.9. The van der Waals surface area contributed by atoms with Crippen LogP contribution in [0.1, 0.15) is 44.1 Å². The Morgan fingerprint density at radius 2 is 1.69 bits per heavy atom. The van der Waals surface area contributed by atoms with E-state index in [1.54, 1.807) is 14.2 Å². The van der Waals surface area contributed by atoms with Crippen molar-refractivity contribution < 1.29 is 9.47 Å². The van der Waals surface area contributed by atoms with E-state index >= 15 is 0 Å². The van der Waals surface area contributed by atoms with Crippen LogP contribution in [0, 0.1) is 0 Å². The lowest BCUT2D eigenvalue weighted by Crippen LogP contribution is -2.47. The number of nitrogens with zero attached hydrogens (tertiary/aromatic N) is 5. The normalized spacial score (nSPS) is 16.3. The number of nitrogens with one attached hydrogen (secondary N) is 1. The molecule has 0 atom stereocenters. The molecule has 45 heavy (non-hydrogen) atoms. The van der Waals surface area contributed by atoms with Crippen molar-refractivity contribution in [2.45, 2.75) is 51.1 Å². The van der Waals surface area contributed by atoms with Crippen molar-refractivity contribution in [3.05, 3.63) is 72.4 Å². The molecule has 0 unspecified atom stereocenters. The van der Waals surface area contributed by atoms with Gasteiger partial charge in [0, 0.05) is 61.6 Å². The Morgan fingerprint density at radius 1 is 0.889 bits per heavy atom. The van der Waals surface area contributed by atoms with Gasteiger partial charge in [0.25, 0.3) is 0 Å². The Hall–Kier alpha value is -3.88. The van der Waals surface area contributed by atoms with Gasteiger partial charge in [-0.3, -0.25) is 4.90 Å². The highest BCUT2D eigenvalue weighted by Gasteiger charge is 2.22. The van der Waals surface area contributed by atoms with Crippen molar-refractivity contribution >= 4 is 22.4 Å². The third-order valence-electron chi connectivity index (χ3n) is 9.57. The molecule has 2 aliphatic rings. The van der Waals surface area contributed by atoms with Crippen LogP contribution >= 0.6 is 0 Å². The van der Waals surface area contributed by atoms with Gasteiger partial charge in [-0.15, -0.1) is 0 Å².